The standard InChI is InChI=1S/C4H5NTe/c1-2-3-6-4-5/h2H,1,3H2. The summed E-state index contributed by atoms with van der Waals surface area (Å²) in [7, 11) is 0. The number of hydrogen-bond donors (Lipinski definition) is 0. The van der Waals surface area contributed by atoms with Crippen LogP contribution in [0, 0.1) is 9.38 Å². The zero-order valence-corrected chi connectivity index (χ0v) is 5.68. The Kier molecular flexibility index (Phi) is 5.04. The van der Waals surface area contributed by atoms with E-state index >= 15 is 0 Å². The predicted octanol–water partition coefficient (Wildman–Crippen LogP) is 0.776. The Hall–Kier alpha value is 0.0196. The van der Waals surface area contributed by atoms with E-state index < -0.39 is 0 Å². The predicted molar refractivity (Wildman–Crippen MR) is 26.4 cm³/mol. The first kappa shape index (κ1) is 6.02. The SMILES string of the molecule is C=CC[Te]C#N. The Morgan fingerprint density at radius 3 is 2.83 bits per heavy atom. The maximum absolute atomic E-state index is 7.96. The third kappa shape index (κ3) is 4.02. The molecular weight excluding hydrogens is 190 g/mol. The van der Waals surface area contributed by atoms with Crippen LogP contribution in [0.5, 0.6) is 0 Å². The van der Waals surface area contributed by atoms with Crippen molar-refractivity contribution in [3.05, 3.63) is 12.7 Å². The van der Waals surface area contributed by atoms with Gasteiger partial charge in [0.15, 0.2) is 0 Å². The van der Waals surface area contributed by atoms with Crippen molar-refractivity contribution in [3.8, 4) is 4.12 Å². The van der Waals surface area contributed by atoms with Crippen LogP contribution in [-0.2, 0) is 0 Å². The third-order valence-corrected chi connectivity index (χ3v) is 1.78. The van der Waals surface area contributed by atoms with Crippen molar-refractivity contribution in [2.24, 2.45) is 0 Å². The van der Waals surface area contributed by atoms with Crippen LogP contribution in [0.4, 0.5) is 0 Å². The zero-order valence-electron chi connectivity index (χ0n) is 3.35. The molecule has 32 valence electrons. The van der Waals surface area contributed by atoms with Gasteiger partial charge in [0.25, 0.3) is 0 Å². The summed E-state index contributed by atoms with van der Waals surface area (Å²) in [4.78, 5) is 0. The van der Waals surface area contributed by atoms with E-state index in [1.807, 2.05) is 0 Å². The average Bonchev–Trinajstić information content (AvgIpc) is 1.61. The van der Waals surface area contributed by atoms with Gasteiger partial charge in [0.1, 0.15) is 0 Å². The fourth-order valence-electron chi connectivity index (χ4n) is 0.0962. The molecule has 0 atom stereocenters. The number of rotatable bonds is 2. The van der Waals surface area contributed by atoms with Crippen LogP contribution < -0.4 is 0 Å². The molecule has 0 aliphatic carbocycles. The number of nitrogens with zero attached hydrogens (tertiary/aromatic N) is 1. The van der Waals surface area contributed by atoms with Gasteiger partial charge >= 0.3 is 47.4 Å². The molecular formula is C4H5NTe. The molecule has 0 radical (unpaired) electrons. The molecule has 0 saturated heterocycles. The minimum atomic E-state index is -0.327. The summed E-state index contributed by atoms with van der Waals surface area (Å²) < 4.78 is 3.07. The molecule has 1 nitrogen and oxygen atoms in total. The van der Waals surface area contributed by atoms with E-state index in [1.165, 1.54) is 0 Å². The maximum atomic E-state index is 7.96. The molecule has 0 aliphatic rings. The van der Waals surface area contributed by atoms with Crippen LogP contribution in [-0.4, -0.2) is 20.9 Å². The van der Waals surface area contributed by atoms with Gasteiger partial charge in [-0.05, 0) is 0 Å². The molecule has 0 aliphatic heterocycles. The van der Waals surface area contributed by atoms with Crippen LogP contribution in [0.1, 0.15) is 0 Å². The Balaban J connectivity index is 2.72. The molecule has 6 heavy (non-hydrogen) atoms. The van der Waals surface area contributed by atoms with Crippen molar-refractivity contribution in [1.29, 1.82) is 5.26 Å². The van der Waals surface area contributed by atoms with Crippen molar-refractivity contribution in [2.75, 3.05) is 0 Å². The van der Waals surface area contributed by atoms with Crippen molar-refractivity contribution in [1.82, 2.24) is 0 Å². The number of hydrogen-bond acceptors (Lipinski definition) is 1. The summed E-state index contributed by atoms with van der Waals surface area (Å²) in [5, 5.41) is 7.96. The summed E-state index contributed by atoms with van der Waals surface area (Å²) in [6.07, 6.45) is 1.80. The monoisotopic (exact) mass is 197 g/mol. The minimum absolute atomic E-state index is 0.327. The van der Waals surface area contributed by atoms with Gasteiger partial charge in [-0.2, -0.15) is 0 Å². The summed E-state index contributed by atoms with van der Waals surface area (Å²) in [5.41, 5.74) is 0. The van der Waals surface area contributed by atoms with Gasteiger partial charge in [-0.15, -0.1) is 0 Å². The van der Waals surface area contributed by atoms with E-state index in [0.717, 1.165) is 4.47 Å². The van der Waals surface area contributed by atoms with Crippen molar-refractivity contribution < 1.29 is 0 Å². The average molecular weight is 195 g/mol. The molecule has 0 rings (SSSR count). The second-order valence-electron chi connectivity index (χ2n) is 0.691. The van der Waals surface area contributed by atoms with Crippen LogP contribution in [0.2, 0.25) is 4.47 Å². The molecule has 0 aromatic heterocycles. The molecule has 0 fully saturated rings. The second kappa shape index (κ2) is 5.02. The number of nitriles is 1. The molecule has 0 saturated carbocycles. The van der Waals surface area contributed by atoms with Crippen LogP contribution >= 0.6 is 0 Å². The van der Waals surface area contributed by atoms with E-state index in [4.69, 9.17) is 5.26 Å². The van der Waals surface area contributed by atoms with Crippen molar-refractivity contribution in [3.63, 3.8) is 0 Å². The first-order valence-corrected chi connectivity index (χ1v) is 4.35. The summed E-state index contributed by atoms with van der Waals surface area (Å²) >= 11 is -0.327. The topological polar surface area (TPSA) is 23.8 Å². The molecule has 0 N–H and O–H groups in total. The normalized spacial score (nSPS) is 6.50. The molecule has 0 amide bonds. The Morgan fingerprint density at radius 2 is 2.67 bits per heavy atom. The van der Waals surface area contributed by atoms with E-state index in [0.29, 0.717) is 0 Å². The molecule has 0 unspecified atom stereocenters. The van der Waals surface area contributed by atoms with E-state index in [9.17, 15) is 0 Å². The van der Waals surface area contributed by atoms with Gasteiger partial charge in [-0.3, -0.25) is 0 Å². The summed E-state index contributed by atoms with van der Waals surface area (Å²) in [6, 6.07) is 0. The molecule has 2 heteroatoms. The van der Waals surface area contributed by atoms with Gasteiger partial charge in [-0.25, -0.2) is 0 Å². The summed E-state index contributed by atoms with van der Waals surface area (Å²) in [5.74, 6) is 0. The fraction of sp³-hybridized carbons (Fsp3) is 0.250. The molecule has 0 aromatic carbocycles. The fourth-order valence-corrected chi connectivity index (χ4v) is 0.645. The van der Waals surface area contributed by atoms with E-state index in [2.05, 4.69) is 10.7 Å². The molecule has 0 heterocycles. The first-order chi connectivity index (χ1) is 2.91. The van der Waals surface area contributed by atoms with Crippen LogP contribution in [0.15, 0.2) is 12.7 Å². The van der Waals surface area contributed by atoms with Gasteiger partial charge in [-0.1, -0.05) is 0 Å². The Bertz CT molecular complexity index is 72.1. The van der Waals surface area contributed by atoms with Gasteiger partial charge < -0.3 is 0 Å². The van der Waals surface area contributed by atoms with Crippen molar-refractivity contribution in [2.45, 2.75) is 4.47 Å². The van der Waals surface area contributed by atoms with Gasteiger partial charge in [0.2, 0.25) is 0 Å². The Morgan fingerprint density at radius 1 is 2.00 bits per heavy atom. The van der Waals surface area contributed by atoms with Crippen LogP contribution in [0.25, 0.3) is 0 Å². The number of allylic oxidation sites excluding steroid dienone is 1. The molecule has 0 aromatic rings. The van der Waals surface area contributed by atoms with Crippen LogP contribution in [0.3, 0.4) is 0 Å². The quantitative estimate of drug-likeness (QED) is 0.362. The molecule has 0 spiro atoms. The molecule has 0 bridgehead atoms. The third-order valence-electron chi connectivity index (χ3n) is 0.266. The zero-order chi connectivity index (χ0) is 4.83. The second-order valence-corrected chi connectivity index (χ2v) is 2.99. The van der Waals surface area contributed by atoms with E-state index in [-0.39, 0.29) is 20.9 Å². The first-order valence-electron chi connectivity index (χ1n) is 1.53. The van der Waals surface area contributed by atoms with Crippen molar-refractivity contribution >= 4 is 20.9 Å². The van der Waals surface area contributed by atoms with Gasteiger partial charge in [0, 0.05) is 0 Å². The van der Waals surface area contributed by atoms with E-state index in [1.54, 1.807) is 6.08 Å². The van der Waals surface area contributed by atoms with Gasteiger partial charge in [0.05, 0.1) is 0 Å². The summed E-state index contributed by atoms with van der Waals surface area (Å²) in [6.45, 7) is 3.48. The Labute approximate surface area is 47.7 Å².